The van der Waals surface area contributed by atoms with Crippen LogP contribution in [0.5, 0.6) is 0 Å². The number of hydrogen-bond donors (Lipinski definition) is 1. The molecule has 0 aromatic heterocycles. The third-order valence-electron chi connectivity index (χ3n) is 4.29. The molecule has 2 aliphatic heterocycles. The van der Waals surface area contributed by atoms with E-state index in [4.69, 9.17) is 4.74 Å². The zero-order valence-corrected chi connectivity index (χ0v) is 11.3. The Balaban J connectivity index is 1.81. The number of likely N-dealkylation sites (N-methyl/N-ethyl adjacent to an activating group) is 1. The molecular weight excluding hydrogens is 212 g/mol. The molecule has 2 saturated heterocycles. The monoisotopic (exact) mass is 240 g/mol. The molecule has 2 heterocycles. The van der Waals surface area contributed by atoms with Gasteiger partial charge in [0.1, 0.15) is 0 Å². The predicted octanol–water partition coefficient (Wildman–Crippen LogP) is 1.88. The van der Waals surface area contributed by atoms with Crippen LogP contribution in [0.4, 0.5) is 0 Å². The van der Waals surface area contributed by atoms with Crippen LogP contribution in [0.2, 0.25) is 0 Å². The highest BCUT2D eigenvalue weighted by Gasteiger charge is 2.24. The van der Waals surface area contributed by atoms with Gasteiger partial charge in [0.15, 0.2) is 0 Å². The van der Waals surface area contributed by atoms with Crippen molar-refractivity contribution in [1.29, 1.82) is 0 Å². The third kappa shape index (κ3) is 4.23. The second-order valence-corrected chi connectivity index (χ2v) is 5.60. The van der Waals surface area contributed by atoms with Crippen molar-refractivity contribution < 1.29 is 4.74 Å². The van der Waals surface area contributed by atoms with Crippen molar-refractivity contribution in [3.05, 3.63) is 0 Å². The number of hydrogen-bond acceptors (Lipinski definition) is 3. The summed E-state index contributed by atoms with van der Waals surface area (Å²) in [6, 6.07) is 0.753. The van der Waals surface area contributed by atoms with Gasteiger partial charge in [0.25, 0.3) is 0 Å². The van der Waals surface area contributed by atoms with Crippen molar-refractivity contribution >= 4 is 0 Å². The molecule has 0 radical (unpaired) electrons. The fraction of sp³-hybridized carbons (Fsp3) is 1.00. The van der Waals surface area contributed by atoms with Crippen LogP contribution < -0.4 is 5.32 Å². The lowest BCUT2D eigenvalue weighted by atomic mass is 9.91. The van der Waals surface area contributed by atoms with Crippen molar-refractivity contribution in [2.75, 3.05) is 39.9 Å². The zero-order valence-electron chi connectivity index (χ0n) is 11.3. The van der Waals surface area contributed by atoms with Crippen LogP contribution in [0.25, 0.3) is 0 Å². The van der Waals surface area contributed by atoms with E-state index < -0.39 is 0 Å². The van der Waals surface area contributed by atoms with E-state index >= 15 is 0 Å². The highest BCUT2D eigenvalue weighted by atomic mass is 16.5. The lowest BCUT2D eigenvalue weighted by molar-refractivity contribution is 0.0484. The average Bonchev–Trinajstić information content (AvgIpc) is 2.40. The number of rotatable bonds is 5. The summed E-state index contributed by atoms with van der Waals surface area (Å²) in [5.74, 6) is 0.893. The van der Waals surface area contributed by atoms with Crippen molar-refractivity contribution in [2.45, 2.75) is 44.6 Å². The standard InChI is InChI=1S/C14H28N2O/c1-15-12-14(16-7-3-2-4-8-16)11-13-5-9-17-10-6-13/h13-15H,2-12H2,1H3/t14-/m0/s1. The highest BCUT2D eigenvalue weighted by molar-refractivity contribution is 4.80. The van der Waals surface area contributed by atoms with Crippen LogP contribution in [0.1, 0.15) is 38.5 Å². The minimum atomic E-state index is 0.753. The summed E-state index contributed by atoms with van der Waals surface area (Å²) in [6.07, 6.45) is 8.13. The number of ether oxygens (including phenoxy) is 1. The molecule has 0 amide bonds. The molecule has 0 bridgehead atoms. The predicted molar refractivity (Wildman–Crippen MR) is 71.3 cm³/mol. The molecule has 0 aromatic rings. The van der Waals surface area contributed by atoms with Crippen LogP contribution in [-0.4, -0.2) is 50.8 Å². The van der Waals surface area contributed by atoms with Crippen LogP contribution >= 0.6 is 0 Å². The molecule has 2 rings (SSSR count). The maximum absolute atomic E-state index is 5.46. The largest absolute Gasteiger partial charge is 0.381 e. The second kappa shape index (κ2) is 7.34. The van der Waals surface area contributed by atoms with E-state index in [0.29, 0.717) is 0 Å². The highest BCUT2D eigenvalue weighted by Crippen LogP contribution is 2.24. The first kappa shape index (κ1) is 13.3. The molecule has 0 spiro atoms. The van der Waals surface area contributed by atoms with E-state index in [-0.39, 0.29) is 0 Å². The Morgan fingerprint density at radius 1 is 1.18 bits per heavy atom. The Bertz CT molecular complexity index is 198. The fourth-order valence-corrected chi connectivity index (χ4v) is 3.25. The lowest BCUT2D eigenvalue weighted by Crippen LogP contribution is -2.45. The van der Waals surface area contributed by atoms with Crippen LogP contribution in [0, 0.1) is 5.92 Å². The van der Waals surface area contributed by atoms with Crippen molar-refractivity contribution in [3.8, 4) is 0 Å². The first-order valence-electron chi connectivity index (χ1n) is 7.36. The van der Waals surface area contributed by atoms with Gasteiger partial charge in [-0.25, -0.2) is 0 Å². The number of nitrogens with zero attached hydrogens (tertiary/aromatic N) is 1. The summed E-state index contributed by atoms with van der Waals surface area (Å²) in [7, 11) is 2.08. The SMILES string of the molecule is CNC[C@H](CC1CCOCC1)N1CCCCC1. The van der Waals surface area contributed by atoms with E-state index in [0.717, 1.165) is 31.7 Å². The molecule has 2 fully saturated rings. The Labute approximate surface area is 106 Å². The summed E-state index contributed by atoms with van der Waals surface area (Å²) in [5, 5.41) is 3.38. The van der Waals surface area contributed by atoms with Gasteiger partial charge in [0.2, 0.25) is 0 Å². The minimum absolute atomic E-state index is 0.753. The molecule has 3 nitrogen and oxygen atoms in total. The fourth-order valence-electron chi connectivity index (χ4n) is 3.25. The summed E-state index contributed by atoms with van der Waals surface area (Å²) in [5.41, 5.74) is 0. The lowest BCUT2D eigenvalue weighted by Gasteiger charge is -2.37. The zero-order chi connectivity index (χ0) is 11.9. The van der Waals surface area contributed by atoms with E-state index in [1.807, 2.05) is 0 Å². The second-order valence-electron chi connectivity index (χ2n) is 5.60. The number of piperidine rings is 1. The Kier molecular flexibility index (Phi) is 5.75. The van der Waals surface area contributed by atoms with Gasteiger partial charge in [-0.05, 0) is 58.2 Å². The molecule has 0 saturated carbocycles. The van der Waals surface area contributed by atoms with Crippen molar-refractivity contribution in [2.24, 2.45) is 5.92 Å². The molecule has 17 heavy (non-hydrogen) atoms. The summed E-state index contributed by atoms with van der Waals surface area (Å²) >= 11 is 0. The molecule has 0 aliphatic carbocycles. The van der Waals surface area contributed by atoms with Crippen LogP contribution in [0.3, 0.4) is 0 Å². The van der Waals surface area contributed by atoms with Crippen molar-refractivity contribution in [1.82, 2.24) is 10.2 Å². The molecule has 100 valence electrons. The van der Waals surface area contributed by atoms with Gasteiger partial charge in [0, 0.05) is 25.8 Å². The average molecular weight is 240 g/mol. The van der Waals surface area contributed by atoms with Gasteiger partial charge < -0.3 is 10.1 Å². The molecule has 1 atom stereocenters. The number of nitrogens with one attached hydrogen (secondary N) is 1. The Hall–Kier alpha value is -0.120. The topological polar surface area (TPSA) is 24.5 Å². The summed E-state index contributed by atoms with van der Waals surface area (Å²) < 4.78 is 5.46. The first-order chi connectivity index (χ1) is 8.40. The first-order valence-corrected chi connectivity index (χ1v) is 7.36. The third-order valence-corrected chi connectivity index (χ3v) is 4.29. The van der Waals surface area contributed by atoms with Crippen molar-refractivity contribution in [3.63, 3.8) is 0 Å². The maximum Gasteiger partial charge on any atom is 0.0468 e. The van der Waals surface area contributed by atoms with Gasteiger partial charge in [-0.15, -0.1) is 0 Å². The molecule has 0 unspecified atom stereocenters. The molecule has 1 N–H and O–H groups in total. The van der Waals surface area contributed by atoms with E-state index in [1.54, 1.807) is 0 Å². The molecular formula is C14H28N2O. The normalized spacial score (nSPS) is 25.9. The van der Waals surface area contributed by atoms with Gasteiger partial charge in [-0.2, -0.15) is 0 Å². The van der Waals surface area contributed by atoms with Gasteiger partial charge in [-0.1, -0.05) is 6.42 Å². The maximum atomic E-state index is 5.46. The molecule has 0 aromatic carbocycles. The van der Waals surface area contributed by atoms with Gasteiger partial charge >= 0.3 is 0 Å². The number of likely N-dealkylation sites (tertiary alicyclic amines) is 1. The van der Waals surface area contributed by atoms with Gasteiger partial charge in [-0.3, -0.25) is 4.90 Å². The van der Waals surface area contributed by atoms with E-state index in [9.17, 15) is 0 Å². The Morgan fingerprint density at radius 2 is 1.88 bits per heavy atom. The van der Waals surface area contributed by atoms with Crippen LogP contribution in [-0.2, 0) is 4.74 Å². The minimum Gasteiger partial charge on any atom is -0.381 e. The summed E-state index contributed by atoms with van der Waals surface area (Å²) in [6.45, 7) is 5.75. The summed E-state index contributed by atoms with van der Waals surface area (Å²) in [4.78, 5) is 2.72. The quantitative estimate of drug-likeness (QED) is 0.794. The molecule has 3 heteroatoms. The Morgan fingerprint density at radius 3 is 2.53 bits per heavy atom. The molecule has 2 aliphatic rings. The van der Waals surface area contributed by atoms with E-state index in [1.165, 1.54) is 51.6 Å². The van der Waals surface area contributed by atoms with Crippen LogP contribution in [0.15, 0.2) is 0 Å². The smallest absolute Gasteiger partial charge is 0.0468 e. The van der Waals surface area contributed by atoms with Gasteiger partial charge in [0.05, 0.1) is 0 Å². The van der Waals surface area contributed by atoms with E-state index in [2.05, 4.69) is 17.3 Å².